The summed E-state index contributed by atoms with van der Waals surface area (Å²) in [5.41, 5.74) is 0.971. The average molecular weight is 228 g/mol. The first-order valence-corrected chi connectivity index (χ1v) is 6.48. The van der Waals surface area contributed by atoms with E-state index in [0.29, 0.717) is 0 Å². The highest BCUT2D eigenvalue weighted by molar-refractivity contribution is 5.17. The Bertz CT molecular complexity index is 393. The van der Waals surface area contributed by atoms with E-state index in [1.807, 2.05) is 18.2 Å². The lowest BCUT2D eigenvalue weighted by Crippen LogP contribution is -2.41. The molecule has 1 aliphatic rings. The van der Waals surface area contributed by atoms with Gasteiger partial charge in [0, 0.05) is 6.54 Å². The molecule has 2 rings (SSSR count). The highest BCUT2D eigenvalue weighted by Gasteiger charge is 2.38. The second-order valence-electron chi connectivity index (χ2n) is 5.05. The third-order valence-electron chi connectivity index (χ3n) is 3.88. The molecule has 1 aliphatic carbocycles. The molecule has 1 aromatic rings. The zero-order chi connectivity index (χ0) is 12.1. The summed E-state index contributed by atoms with van der Waals surface area (Å²) in [5.74, 6) is 0.720. The number of hydrogen-bond acceptors (Lipinski definition) is 2. The molecule has 0 bridgehead atoms. The fourth-order valence-electron chi connectivity index (χ4n) is 2.66. The second kappa shape index (κ2) is 5.33. The molecule has 0 amide bonds. The fraction of sp³-hybridized carbons (Fsp3) is 0.533. The van der Waals surface area contributed by atoms with Crippen molar-refractivity contribution in [2.75, 3.05) is 0 Å². The first kappa shape index (κ1) is 12.1. The Balaban J connectivity index is 1.95. The van der Waals surface area contributed by atoms with E-state index in [9.17, 15) is 5.26 Å². The van der Waals surface area contributed by atoms with Gasteiger partial charge in [-0.25, -0.2) is 0 Å². The van der Waals surface area contributed by atoms with Crippen molar-refractivity contribution in [1.29, 1.82) is 5.26 Å². The summed E-state index contributed by atoms with van der Waals surface area (Å²) >= 11 is 0. The van der Waals surface area contributed by atoms with Gasteiger partial charge in [-0.1, -0.05) is 43.7 Å². The van der Waals surface area contributed by atoms with Gasteiger partial charge >= 0.3 is 0 Å². The van der Waals surface area contributed by atoms with E-state index < -0.39 is 0 Å². The van der Waals surface area contributed by atoms with Crippen molar-refractivity contribution in [2.24, 2.45) is 5.92 Å². The molecule has 1 saturated carbocycles. The number of rotatable bonds is 4. The molecule has 2 unspecified atom stereocenters. The summed E-state index contributed by atoms with van der Waals surface area (Å²) in [6.45, 7) is 3.01. The van der Waals surface area contributed by atoms with Gasteiger partial charge in [0.25, 0.3) is 0 Å². The van der Waals surface area contributed by atoms with Crippen LogP contribution in [0.3, 0.4) is 0 Å². The van der Waals surface area contributed by atoms with Crippen LogP contribution in [0.4, 0.5) is 0 Å². The first-order valence-electron chi connectivity index (χ1n) is 6.48. The van der Waals surface area contributed by atoms with Gasteiger partial charge in [-0.15, -0.1) is 0 Å². The molecule has 1 aromatic carbocycles. The van der Waals surface area contributed by atoms with E-state index in [4.69, 9.17) is 0 Å². The Morgan fingerprint density at radius 2 is 2.18 bits per heavy atom. The molecule has 0 radical (unpaired) electrons. The van der Waals surface area contributed by atoms with Crippen molar-refractivity contribution in [3.63, 3.8) is 0 Å². The smallest absolute Gasteiger partial charge is 0.107 e. The molecule has 0 heterocycles. The molecule has 0 saturated heterocycles. The molecule has 0 spiro atoms. The molecule has 1 N–H and O–H groups in total. The van der Waals surface area contributed by atoms with Gasteiger partial charge in [0.15, 0.2) is 0 Å². The lowest BCUT2D eigenvalue weighted by atomic mass is 9.96. The molecule has 2 atom stereocenters. The topological polar surface area (TPSA) is 35.8 Å². The van der Waals surface area contributed by atoms with Crippen molar-refractivity contribution >= 4 is 0 Å². The maximum absolute atomic E-state index is 9.40. The maximum atomic E-state index is 9.40. The third kappa shape index (κ3) is 2.87. The van der Waals surface area contributed by atoms with Crippen LogP contribution < -0.4 is 5.32 Å². The number of benzene rings is 1. The Morgan fingerprint density at radius 1 is 1.41 bits per heavy atom. The summed E-state index contributed by atoms with van der Waals surface area (Å²) in [7, 11) is 0. The number of nitriles is 1. The van der Waals surface area contributed by atoms with Crippen LogP contribution in [-0.4, -0.2) is 5.54 Å². The van der Waals surface area contributed by atoms with Gasteiger partial charge in [0.2, 0.25) is 0 Å². The molecule has 0 aromatic heterocycles. The van der Waals surface area contributed by atoms with Gasteiger partial charge < -0.3 is 0 Å². The number of hydrogen-bond donors (Lipinski definition) is 1. The molecule has 90 valence electrons. The summed E-state index contributed by atoms with van der Waals surface area (Å²) in [6.07, 6.45) is 4.38. The lowest BCUT2D eigenvalue weighted by molar-refractivity contribution is 0.397. The summed E-state index contributed by atoms with van der Waals surface area (Å²) in [6, 6.07) is 12.8. The Morgan fingerprint density at radius 3 is 2.76 bits per heavy atom. The van der Waals surface area contributed by atoms with E-state index in [2.05, 4.69) is 30.4 Å². The van der Waals surface area contributed by atoms with Crippen LogP contribution in [0.25, 0.3) is 0 Å². The highest BCUT2D eigenvalue weighted by atomic mass is 15.0. The van der Waals surface area contributed by atoms with Crippen LogP contribution in [0, 0.1) is 17.2 Å². The molecule has 0 aliphatic heterocycles. The highest BCUT2D eigenvalue weighted by Crippen LogP contribution is 2.36. The summed E-state index contributed by atoms with van der Waals surface area (Å²) < 4.78 is 0. The Hall–Kier alpha value is -1.33. The van der Waals surface area contributed by atoms with Crippen LogP contribution in [0.15, 0.2) is 30.3 Å². The van der Waals surface area contributed by atoms with Crippen LogP contribution in [-0.2, 0) is 6.54 Å². The minimum atomic E-state index is -0.281. The van der Waals surface area contributed by atoms with E-state index in [-0.39, 0.29) is 5.54 Å². The number of nitrogens with zero attached hydrogens (tertiary/aromatic N) is 1. The molecular weight excluding hydrogens is 208 g/mol. The van der Waals surface area contributed by atoms with Crippen LogP contribution in [0.2, 0.25) is 0 Å². The average Bonchev–Trinajstić information content (AvgIpc) is 2.82. The van der Waals surface area contributed by atoms with E-state index in [0.717, 1.165) is 25.3 Å². The van der Waals surface area contributed by atoms with Crippen LogP contribution >= 0.6 is 0 Å². The quantitative estimate of drug-likeness (QED) is 0.858. The van der Waals surface area contributed by atoms with Gasteiger partial charge in [-0.05, 0) is 30.7 Å². The van der Waals surface area contributed by atoms with Crippen molar-refractivity contribution in [3.05, 3.63) is 35.9 Å². The minimum absolute atomic E-state index is 0.281. The maximum Gasteiger partial charge on any atom is 0.107 e. The third-order valence-corrected chi connectivity index (χ3v) is 3.88. The van der Waals surface area contributed by atoms with Crippen LogP contribution in [0.5, 0.6) is 0 Å². The minimum Gasteiger partial charge on any atom is -0.295 e. The van der Waals surface area contributed by atoms with Gasteiger partial charge in [-0.2, -0.15) is 5.26 Å². The van der Waals surface area contributed by atoms with Crippen molar-refractivity contribution in [1.82, 2.24) is 5.32 Å². The second-order valence-corrected chi connectivity index (χ2v) is 5.05. The summed E-state index contributed by atoms with van der Waals surface area (Å²) in [5, 5.41) is 12.9. The SMILES string of the molecule is CCC1CCC(C#N)(NCc2ccccc2)C1. The molecule has 2 heteroatoms. The van der Waals surface area contributed by atoms with Crippen molar-refractivity contribution in [3.8, 4) is 6.07 Å². The number of nitrogens with one attached hydrogen (secondary N) is 1. The predicted molar refractivity (Wildman–Crippen MR) is 69.3 cm³/mol. The standard InChI is InChI=1S/C15H20N2/c1-2-13-8-9-15(10-13,12-16)17-11-14-6-4-3-5-7-14/h3-7,13,17H,2,8-11H2,1H3. The molecule has 1 fully saturated rings. The van der Waals surface area contributed by atoms with Crippen LogP contribution in [0.1, 0.15) is 38.2 Å². The molecule has 17 heavy (non-hydrogen) atoms. The van der Waals surface area contributed by atoms with E-state index in [1.165, 1.54) is 18.4 Å². The van der Waals surface area contributed by atoms with Crippen molar-refractivity contribution < 1.29 is 0 Å². The largest absolute Gasteiger partial charge is 0.295 e. The first-order chi connectivity index (χ1) is 8.28. The summed E-state index contributed by atoms with van der Waals surface area (Å²) in [4.78, 5) is 0. The zero-order valence-corrected chi connectivity index (χ0v) is 10.4. The van der Waals surface area contributed by atoms with E-state index >= 15 is 0 Å². The van der Waals surface area contributed by atoms with Gasteiger partial charge in [0.05, 0.1) is 6.07 Å². The predicted octanol–water partition coefficient (Wildman–Crippen LogP) is 3.25. The van der Waals surface area contributed by atoms with Gasteiger partial charge in [0.1, 0.15) is 5.54 Å². The normalized spacial score (nSPS) is 27.9. The lowest BCUT2D eigenvalue weighted by Gasteiger charge is -2.23. The van der Waals surface area contributed by atoms with Gasteiger partial charge in [-0.3, -0.25) is 5.32 Å². The Labute approximate surface area is 104 Å². The fourth-order valence-corrected chi connectivity index (χ4v) is 2.66. The van der Waals surface area contributed by atoms with Crippen molar-refractivity contribution in [2.45, 2.75) is 44.7 Å². The zero-order valence-electron chi connectivity index (χ0n) is 10.4. The Kier molecular flexibility index (Phi) is 3.81. The van der Waals surface area contributed by atoms with E-state index in [1.54, 1.807) is 0 Å². The monoisotopic (exact) mass is 228 g/mol. The molecule has 2 nitrogen and oxygen atoms in total. The molecular formula is C15H20N2.